The van der Waals surface area contributed by atoms with Crippen LogP contribution < -0.4 is 4.74 Å². The van der Waals surface area contributed by atoms with Gasteiger partial charge in [-0.15, -0.1) is 0 Å². The van der Waals surface area contributed by atoms with Crippen molar-refractivity contribution in [2.75, 3.05) is 33.5 Å². The number of para-hydroxylation sites is 1. The van der Waals surface area contributed by atoms with Crippen LogP contribution in [-0.4, -0.2) is 51.0 Å². The van der Waals surface area contributed by atoms with E-state index in [-0.39, 0.29) is 13.2 Å². The Morgan fingerprint density at radius 2 is 2.06 bits per heavy atom. The van der Waals surface area contributed by atoms with Crippen molar-refractivity contribution in [2.45, 2.75) is 6.10 Å². The first kappa shape index (κ1) is 14.6. The third-order valence-electron chi connectivity index (χ3n) is 2.22. The maximum Gasteiger partial charge on any atom is 0.153 e. The highest BCUT2D eigenvalue weighted by Gasteiger charge is 2.07. The van der Waals surface area contributed by atoms with Gasteiger partial charge in [-0.2, -0.15) is 0 Å². The van der Waals surface area contributed by atoms with Crippen molar-refractivity contribution in [1.29, 1.82) is 0 Å². The summed E-state index contributed by atoms with van der Waals surface area (Å²) in [4.78, 5) is 10.7. The average molecular weight is 254 g/mol. The number of methoxy groups -OCH3 is 1. The third-order valence-corrected chi connectivity index (χ3v) is 2.22. The van der Waals surface area contributed by atoms with Crippen molar-refractivity contribution in [1.82, 2.24) is 0 Å². The van der Waals surface area contributed by atoms with Crippen LogP contribution in [0.3, 0.4) is 0 Å². The number of carbonyl (C=O) groups excluding carboxylic acids is 1. The molecule has 1 rings (SSSR count). The molecule has 0 aromatic heterocycles. The van der Waals surface area contributed by atoms with Crippen LogP contribution in [0.15, 0.2) is 24.3 Å². The summed E-state index contributed by atoms with van der Waals surface area (Å²) < 4.78 is 15.3. The third kappa shape index (κ3) is 5.27. The Hall–Kier alpha value is -1.43. The first-order valence-corrected chi connectivity index (χ1v) is 5.69. The molecule has 0 fully saturated rings. The van der Waals surface area contributed by atoms with Gasteiger partial charge in [-0.05, 0) is 12.1 Å². The van der Waals surface area contributed by atoms with E-state index in [1.165, 1.54) is 0 Å². The predicted molar refractivity (Wildman–Crippen MR) is 66.0 cm³/mol. The Labute approximate surface area is 106 Å². The lowest BCUT2D eigenvalue weighted by Gasteiger charge is -2.13. The summed E-state index contributed by atoms with van der Waals surface area (Å²) in [6.45, 7) is 1.17. The van der Waals surface area contributed by atoms with Crippen LogP contribution >= 0.6 is 0 Å². The summed E-state index contributed by atoms with van der Waals surface area (Å²) >= 11 is 0. The summed E-state index contributed by atoms with van der Waals surface area (Å²) in [6.07, 6.45) is -0.0156. The SMILES string of the molecule is COCCOCC(O)COc1ccccc1C=O. The number of benzene rings is 1. The Bertz CT molecular complexity index is 353. The van der Waals surface area contributed by atoms with Crippen LogP contribution in [-0.2, 0) is 9.47 Å². The second kappa shape index (κ2) is 8.63. The molecule has 5 nitrogen and oxygen atoms in total. The molecule has 18 heavy (non-hydrogen) atoms. The normalized spacial score (nSPS) is 12.1. The van der Waals surface area contributed by atoms with Crippen molar-refractivity contribution in [3.63, 3.8) is 0 Å². The highest BCUT2D eigenvalue weighted by atomic mass is 16.5. The van der Waals surface area contributed by atoms with Crippen molar-refractivity contribution in [3.05, 3.63) is 29.8 Å². The van der Waals surface area contributed by atoms with E-state index < -0.39 is 6.10 Å². The molecule has 0 heterocycles. The summed E-state index contributed by atoms with van der Waals surface area (Å²) in [5.74, 6) is 0.462. The number of aliphatic hydroxyl groups is 1. The van der Waals surface area contributed by atoms with Gasteiger partial charge in [0.15, 0.2) is 6.29 Å². The minimum absolute atomic E-state index is 0.0812. The molecule has 0 aliphatic heterocycles. The standard InChI is InChI=1S/C13H18O5/c1-16-6-7-17-9-12(15)10-18-13-5-3-2-4-11(13)8-14/h2-5,8,12,15H,6-7,9-10H2,1H3. The smallest absolute Gasteiger partial charge is 0.153 e. The zero-order chi connectivity index (χ0) is 13.2. The minimum atomic E-state index is -0.735. The number of hydrogen-bond acceptors (Lipinski definition) is 5. The molecule has 0 saturated heterocycles. The Kier molecular flexibility index (Phi) is 7.01. The van der Waals surface area contributed by atoms with Gasteiger partial charge in [0.25, 0.3) is 0 Å². The molecule has 0 spiro atoms. The van der Waals surface area contributed by atoms with Gasteiger partial charge >= 0.3 is 0 Å². The lowest BCUT2D eigenvalue weighted by Crippen LogP contribution is -2.24. The molecular formula is C13H18O5. The fraction of sp³-hybridized carbons (Fsp3) is 0.462. The molecule has 0 radical (unpaired) electrons. The second-order valence-electron chi connectivity index (χ2n) is 3.69. The van der Waals surface area contributed by atoms with Crippen molar-refractivity contribution in [3.8, 4) is 5.75 Å². The minimum Gasteiger partial charge on any atom is -0.490 e. The lowest BCUT2D eigenvalue weighted by atomic mass is 10.2. The molecule has 100 valence electrons. The van der Waals surface area contributed by atoms with Crippen molar-refractivity contribution >= 4 is 6.29 Å². The summed E-state index contributed by atoms with van der Waals surface area (Å²) in [5, 5.41) is 9.59. The lowest BCUT2D eigenvalue weighted by molar-refractivity contribution is -0.00426. The number of hydrogen-bond donors (Lipinski definition) is 1. The molecule has 1 aromatic rings. The number of aldehydes is 1. The zero-order valence-electron chi connectivity index (χ0n) is 10.4. The molecule has 1 atom stereocenters. The number of carbonyl (C=O) groups is 1. The molecular weight excluding hydrogens is 236 g/mol. The summed E-state index contributed by atoms with van der Waals surface area (Å²) in [5.41, 5.74) is 0.463. The van der Waals surface area contributed by atoms with Crippen LogP contribution in [0.2, 0.25) is 0 Å². The van der Waals surface area contributed by atoms with Gasteiger partial charge in [-0.3, -0.25) is 4.79 Å². The molecule has 1 unspecified atom stereocenters. The number of ether oxygens (including phenoxy) is 3. The number of rotatable bonds is 9. The fourth-order valence-electron chi connectivity index (χ4n) is 1.31. The van der Waals surface area contributed by atoms with E-state index in [1.54, 1.807) is 31.4 Å². The average Bonchev–Trinajstić information content (AvgIpc) is 2.41. The van der Waals surface area contributed by atoms with E-state index in [9.17, 15) is 9.90 Å². The van der Waals surface area contributed by atoms with Gasteiger partial charge < -0.3 is 19.3 Å². The highest BCUT2D eigenvalue weighted by molar-refractivity contribution is 5.79. The van der Waals surface area contributed by atoms with Crippen LogP contribution in [0.1, 0.15) is 10.4 Å². The number of aliphatic hydroxyl groups excluding tert-OH is 1. The quantitative estimate of drug-likeness (QED) is 0.524. The van der Waals surface area contributed by atoms with Crippen LogP contribution in [0, 0.1) is 0 Å². The van der Waals surface area contributed by atoms with E-state index in [4.69, 9.17) is 14.2 Å². The van der Waals surface area contributed by atoms with Gasteiger partial charge in [0.05, 0.1) is 25.4 Å². The van der Waals surface area contributed by atoms with Crippen LogP contribution in [0.4, 0.5) is 0 Å². The fourth-order valence-corrected chi connectivity index (χ4v) is 1.31. The largest absolute Gasteiger partial charge is 0.490 e. The molecule has 1 N–H and O–H groups in total. The van der Waals surface area contributed by atoms with Gasteiger partial charge in [0.2, 0.25) is 0 Å². The Balaban J connectivity index is 2.29. The molecule has 0 aliphatic carbocycles. The van der Waals surface area contributed by atoms with E-state index in [0.717, 1.165) is 6.29 Å². The highest BCUT2D eigenvalue weighted by Crippen LogP contribution is 2.15. The summed E-state index contributed by atoms with van der Waals surface area (Å²) in [6, 6.07) is 6.86. The van der Waals surface area contributed by atoms with E-state index in [1.807, 2.05) is 0 Å². The molecule has 0 bridgehead atoms. The van der Waals surface area contributed by atoms with Gasteiger partial charge in [-0.1, -0.05) is 12.1 Å². The molecule has 5 heteroatoms. The first-order chi connectivity index (χ1) is 8.77. The zero-order valence-corrected chi connectivity index (χ0v) is 10.4. The van der Waals surface area contributed by atoms with Crippen molar-refractivity contribution < 1.29 is 24.1 Å². The molecule has 1 aromatic carbocycles. The Morgan fingerprint density at radius 1 is 1.28 bits per heavy atom. The van der Waals surface area contributed by atoms with Crippen molar-refractivity contribution in [2.24, 2.45) is 0 Å². The molecule has 0 aliphatic rings. The predicted octanol–water partition coefficient (Wildman–Crippen LogP) is 0.902. The maximum atomic E-state index is 10.7. The molecule has 0 saturated carbocycles. The van der Waals surface area contributed by atoms with E-state index in [0.29, 0.717) is 24.5 Å². The maximum absolute atomic E-state index is 10.7. The van der Waals surface area contributed by atoms with Gasteiger partial charge in [0, 0.05) is 7.11 Å². The van der Waals surface area contributed by atoms with Crippen LogP contribution in [0.5, 0.6) is 5.75 Å². The molecule has 0 amide bonds. The first-order valence-electron chi connectivity index (χ1n) is 5.69. The topological polar surface area (TPSA) is 65.0 Å². The van der Waals surface area contributed by atoms with Gasteiger partial charge in [0.1, 0.15) is 18.5 Å². The van der Waals surface area contributed by atoms with E-state index >= 15 is 0 Å². The summed E-state index contributed by atoms with van der Waals surface area (Å²) in [7, 11) is 1.58. The van der Waals surface area contributed by atoms with Crippen LogP contribution in [0.25, 0.3) is 0 Å². The van der Waals surface area contributed by atoms with Gasteiger partial charge in [-0.25, -0.2) is 0 Å². The monoisotopic (exact) mass is 254 g/mol. The second-order valence-corrected chi connectivity index (χ2v) is 3.69. The van der Waals surface area contributed by atoms with E-state index in [2.05, 4.69) is 0 Å². The Morgan fingerprint density at radius 3 is 2.78 bits per heavy atom.